The molecule has 4 saturated carbocycles. The van der Waals surface area contributed by atoms with E-state index in [0.29, 0.717) is 24.2 Å². The van der Waals surface area contributed by atoms with Crippen molar-refractivity contribution in [2.75, 3.05) is 18.1 Å². The van der Waals surface area contributed by atoms with E-state index < -0.39 is 5.97 Å². The molecular weight excluding hydrogens is 392 g/mol. The van der Waals surface area contributed by atoms with Crippen LogP contribution < -0.4 is 10.2 Å². The molecule has 0 spiro atoms. The fourth-order valence-electron chi connectivity index (χ4n) is 7.08. The first-order valence-electron chi connectivity index (χ1n) is 11.8. The average molecular weight is 425 g/mol. The SMILES string of the molecule is C[C@@H](NC(=O)COC(=O)c1cccc(N2CCCC2=O)c1)C12CC3CC(CC(C3)C1)C2. The van der Waals surface area contributed by atoms with Crippen molar-refractivity contribution in [2.24, 2.45) is 23.2 Å². The van der Waals surface area contributed by atoms with Crippen molar-refractivity contribution in [2.45, 2.75) is 64.3 Å². The minimum absolute atomic E-state index is 0.0727. The molecule has 4 aliphatic carbocycles. The number of carbonyl (C=O) groups is 3. The molecule has 31 heavy (non-hydrogen) atoms. The van der Waals surface area contributed by atoms with Gasteiger partial charge in [0, 0.05) is 24.7 Å². The molecule has 6 heteroatoms. The van der Waals surface area contributed by atoms with Crippen LogP contribution in [0.15, 0.2) is 24.3 Å². The van der Waals surface area contributed by atoms with Gasteiger partial charge in [0.1, 0.15) is 0 Å². The largest absolute Gasteiger partial charge is 0.452 e. The van der Waals surface area contributed by atoms with Gasteiger partial charge in [0.15, 0.2) is 6.61 Å². The number of nitrogens with zero attached hydrogens (tertiary/aromatic N) is 1. The summed E-state index contributed by atoms with van der Waals surface area (Å²) in [6, 6.07) is 6.99. The van der Waals surface area contributed by atoms with E-state index in [-0.39, 0.29) is 29.9 Å². The standard InChI is InChI=1S/C25H32N2O4/c1-16(25-12-17-8-18(13-25)10-19(9-17)14-25)26-22(28)15-31-24(30)20-4-2-5-21(11-20)27-7-3-6-23(27)29/h2,4-5,11,16-19H,3,6-10,12-15H2,1H3,(H,26,28)/t16-,17?,18?,19?,25?/m1/s1. The lowest BCUT2D eigenvalue weighted by Crippen LogP contribution is -2.56. The lowest BCUT2D eigenvalue weighted by atomic mass is 9.48. The van der Waals surface area contributed by atoms with E-state index in [0.717, 1.165) is 24.2 Å². The summed E-state index contributed by atoms with van der Waals surface area (Å²) in [7, 11) is 0. The van der Waals surface area contributed by atoms with E-state index >= 15 is 0 Å². The number of ether oxygens (including phenoxy) is 1. The Kier molecular flexibility index (Phi) is 5.27. The van der Waals surface area contributed by atoms with Gasteiger partial charge in [-0.3, -0.25) is 9.59 Å². The molecule has 1 aliphatic heterocycles. The maximum atomic E-state index is 12.6. The van der Waals surface area contributed by atoms with Crippen LogP contribution in [-0.4, -0.2) is 37.0 Å². The van der Waals surface area contributed by atoms with Gasteiger partial charge in [0.05, 0.1) is 5.56 Å². The second kappa shape index (κ2) is 7.95. The monoisotopic (exact) mass is 424 g/mol. The van der Waals surface area contributed by atoms with E-state index in [1.54, 1.807) is 23.1 Å². The third kappa shape index (κ3) is 3.97. The fraction of sp³-hybridized carbons (Fsp3) is 0.640. The van der Waals surface area contributed by atoms with Gasteiger partial charge in [-0.2, -0.15) is 0 Å². The fourth-order valence-corrected chi connectivity index (χ4v) is 7.08. The first kappa shape index (κ1) is 20.5. The summed E-state index contributed by atoms with van der Waals surface area (Å²) in [4.78, 5) is 38.7. The van der Waals surface area contributed by atoms with Crippen LogP contribution in [0.2, 0.25) is 0 Å². The highest BCUT2D eigenvalue weighted by atomic mass is 16.5. The van der Waals surface area contributed by atoms with Gasteiger partial charge in [0.2, 0.25) is 5.91 Å². The zero-order chi connectivity index (χ0) is 21.6. The van der Waals surface area contributed by atoms with Crippen molar-refractivity contribution in [1.29, 1.82) is 0 Å². The van der Waals surface area contributed by atoms with Crippen LogP contribution >= 0.6 is 0 Å². The van der Waals surface area contributed by atoms with Gasteiger partial charge >= 0.3 is 5.97 Å². The molecule has 4 bridgehead atoms. The van der Waals surface area contributed by atoms with Crippen LogP contribution in [0.3, 0.4) is 0 Å². The summed E-state index contributed by atoms with van der Waals surface area (Å²) in [5.41, 5.74) is 1.29. The molecule has 0 radical (unpaired) electrons. The molecule has 6 nitrogen and oxygen atoms in total. The van der Waals surface area contributed by atoms with Crippen molar-refractivity contribution in [1.82, 2.24) is 5.32 Å². The molecule has 6 rings (SSSR count). The smallest absolute Gasteiger partial charge is 0.338 e. The molecule has 1 heterocycles. The van der Waals surface area contributed by atoms with Gasteiger partial charge in [-0.15, -0.1) is 0 Å². The third-order valence-corrected chi connectivity index (χ3v) is 8.18. The maximum absolute atomic E-state index is 12.6. The Bertz CT molecular complexity index is 860. The molecule has 5 aliphatic rings. The maximum Gasteiger partial charge on any atom is 0.338 e. The number of amides is 2. The van der Waals surface area contributed by atoms with Crippen molar-refractivity contribution < 1.29 is 19.1 Å². The van der Waals surface area contributed by atoms with Crippen LogP contribution in [0.4, 0.5) is 5.69 Å². The number of nitrogens with one attached hydrogen (secondary N) is 1. The van der Waals surface area contributed by atoms with Gasteiger partial charge in [-0.25, -0.2) is 4.79 Å². The number of rotatable bonds is 6. The highest BCUT2D eigenvalue weighted by Crippen LogP contribution is 2.61. The minimum Gasteiger partial charge on any atom is -0.452 e. The first-order chi connectivity index (χ1) is 14.9. The average Bonchev–Trinajstić information content (AvgIpc) is 3.17. The van der Waals surface area contributed by atoms with Gasteiger partial charge in [0.25, 0.3) is 5.91 Å². The Morgan fingerprint density at radius 3 is 2.45 bits per heavy atom. The van der Waals surface area contributed by atoms with Crippen LogP contribution in [-0.2, 0) is 14.3 Å². The number of anilines is 1. The van der Waals surface area contributed by atoms with Crippen LogP contribution in [0.1, 0.15) is 68.6 Å². The van der Waals surface area contributed by atoms with Gasteiger partial charge in [-0.05, 0) is 93.2 Å². The Labute approximate surface area is 183 Å². The summed E-state index contributed by atoms with van der Waals surface area (Å²) in [5.74, 6) is 1.80. The van der Waals surface area contributed by atoms with Crippen molar-refractivity contribution >= 4 is 23.5 Å². The Balaban J connectivity index is 1.16. The molecule has 5 fully saturated rings. The summed E-state index contributed by atoms with van der Waals surface area (Å²) in [6.07, 6.45) is 9.16. The quantitative estimate of drug-likeness (QED) is 0.707. The zero-order valence-electron chi connectivity index (χ0n) is 18.3. The number of hydrogen-bond acceptors (Lipinski definition) is 4. The van der Waals surface area contributed by atoms with E-state index in [2.05, 4.69) is 12.2 Å². The van der Waals surface area contributed by atoms with Crippen molar-refractivity contribution in [3.63, 3.8) is 0 Å². The molecular formula is C25H32N2O4. The molecule has 1 aromatic carbocycles. The summed E-state index contributed by atoms with van der Waals surface area (Å²) in [5, 5.41) is 3.14. The molecule has 2 amide bonds. The predicted molar refractivity (Wildman–Crippen MR) is 117 cm³/mol. The molecule has 0 unspecified atom stereocenters. The van der Waals surface area contributed by atoms with E-state index in [9.17, 15) is 14.4 Å². The summed E-state index contributed by atoms with van der Waals surface area (Å²) in [6.45, 7) is 2.52. The molecule has 1 saturated heterocycles. The summed E-state index contributed by atoms with van der Waals surface area (Å²) < 4.78 is 5.30. The lowest BCUT2D eigenvalue weighted by Gasteiger charge is -2.59. The molecule has 1 aromatic rings. The topological polar surface area (TPSA) is 75.7 Å². The molecule has 1 N–H and O–H groups in total. The molecule has 0 aromatic heterocycles. The van der Waals surface area contributed by atoms with Crippen LogP contribution in [0, 0.1) is 23.2 Å². The highest BCUT2D eigenvalue weighted by molar-refractivity contribution is 5.97. The number of hydrogen-bond donors (Lipinski definition) is 1. The van der Waals surface area contributed by atoms with Crippen molar-refractivity contribution in [3.8, 4) is 0 Å². The van der Waals surface area contributed by atoms with Gasteiger partial charge < -0.3 is 15.0 Å². The molecule has 1 atom stereocenters. The van der Waals surface area contributed by atoms with Crippen LogP contribution in [0.5, 0.6) is 0 Å². The van der Waals surface area contributed by atoms with E-state index in [4.69, 9.17) is 4.74 Å². The predicted octanol–water partition coefficient (Wildman–Crippen LogP) is 3.69. The summed E-state index contributed by atoms with van der Waals surface area (Å²) >= 11 is 0. The zero-order valence-corrected chi connectivity index (χ0v) is 18.3. The van der Waals surface area contributed by atoms with Crippen molar-refractivity contribution in [3.05, 3.63) is 29.8 Å². The first-order valence-corrected chi connectivity index (χ1v) is 11.8. The second-order valence-corrected chi connectivity index (χ2v) is 10.3. The third-order valence-electron chi connectivity index (χ3n) is 8.18. The normalized spacial score (nSPS) is 32.2. The Morgan fingerprint density at radius 1 is 1.16 bits per heavy atom. The number of esters is 1. The minimum atomic E-state index is -0.536. The van der Waals surface area contributed by atoms with Gasteiger partial charge in [-0.1, -0.05) is 6.07 Å². The number of benzene rings is 1. The molecule has 166 valence electrons. The lowest BCUT2D eigenvalue weighted by molar-refractivity contribution is -0.128. The second-order valence-electron chi connectivity index (χ2n) is 10.3. The number of carbonyl (C=O) groups excluding carboxylic acids is 3. The highest BCUT2D eigenvalue weighted by Gasteiger charge is 2.53. The van der Waals surface area contributed by atoms with E-state index in [1.165, 1.54) is 38.5 Å². The Hall–Kier alpha value is -2.37. The van der Waals surface area contributed by atoms with E-state index in [1.807, 2.05) is 6.07 Å². The van der Waals surface area contributed by atoms with Crippen LogP contribution in [0.25, 0.3) is 0 Å². The Morgan fingerprint density at radius 2 is 1.84 bits per heavy atom.